The van der Waals surface area contributed by atoms with Gasteiger partial charge in [-0.05, 0) is 56.7 Å². The van der Waals surface area contributed by atoms with Crippen LogP contribution in [0.4, 0.5) is 14.5 Å². The van der Waals surface area contributed by atoms with Crippen LogP contribution in [0.5, 0.6) is 0 Å². The number of halogens is 2. The van der Waals surface area contributed by atoms with E-state index in [1.165, 1.54) is 6.07 Å². The molecule has 10 heteroatoms. The number of aromatic nitrogens is 3. The van der Waals surface area contributed by atoms with Crippen molar-refractivity contribution in [3.63, 3.8) is 0 Å². The highest BCUT2D eigenvalue weighted by atomic mass is 19.2. The first-order valence-electron chi connectivity index (χ1n) is 11.0. The van der Waals surface area contributed by atoms with Gasteiger partial charge in [-0.3, -0.25) is 19.3 Å². The SMILES string of the molecule is Cc1cc([C@@H](C)Nc2ccc(F)c(F)c2-c2noc(=O)[nH]2)c2oc(-c3cccnc3)c(C)c(=O)c2c1. The molecule has 182 valence electrons. The first kappa shape index (κ1) is 23.2. The van der Waals surface area contributed by atoms with E-state index in [1.807, 2.05) is 13.0 Å². The van der Waals surface area contributed by atoms with Gasteiger partial charge in [0.1, 0.15) is 11.3 Å². The summed E-state index contributed by atoms with van der Waals surface area (Å²) in [7, 11) is 0. The van der Waals surface area contributed by atoms with E-state index < -0.39 is 23.4 Å². The highest BCUT2D eigenvalue weighted by Crippen LogP contribution is 2.35. The van der Waals surface area contributed by atoms with E-state index in [0.717, 1.165) is 11.6 Å². The number of aryl methyl sites for hydroxylation is 1. The number of rotatable bonds is 5. The van der Waals surface area contributed by atoms with Crippen molar-refractivity contribution in [2.75, 3.05) is 5.32 Å². The largest absolute Gasteiger partial charge is 0.455 e. The van der Waals surface area contributed by atoms with Crippen molar-refractivity contribution in [2.24, 2.45) is 0 Å². The van der Waals surface area contributed by atoms with Crippen molar-refractivity contribution >= 4 is 16.7 Å². The predicted molar refractivity (Wildman–Crippen MR) is 130 cm³/mol. The third-order valence-electron chi connectivity index (χ3n) is 5.93. The van der Waals surface area contributed by atoms with Crippen LogP contribution < -0.4 is 16.5 Å². The molecule has 0 saturated carbocycles. The second-order valence-electron chi connectivity index (χ2n) is 8.45. The Morgan fingerprint density at radius 1 is 1.11 bits per heavy atom. The molecule has 5 aromatic rings. The van der Waals surface area contributed by atoms with Crippen LogP contribution in [0, 0.1) is 25.5 Å². The molecule has 0 spiro atoms. The van der Waals surface area contributed by atoms with Gasteiger partial charge in [-0.1, -0.05) is 11.2 Å². The summed E-state index contributed by atoms with van der Waals surface area (Å²) in [5, 5.41) is 7.03. The fourth-order valence-corrected chi connectivity index (χ4v) is 4.21. The zero-order valence-corrected chi connectivity index (χ0v) is 19.5. The molecule has 0 aliphatic carbocycles. The highest BCUT2D eigenvalue weighted by Gasteiger charge is 2.23. The molecule has 3 aromatic heterocycles. The topological polar surface area (TPSA) is 114 Å². The first-order chi connectivity index (χ1) is 17.2. The second kappa shape index (κ2) is 8.88. The average Bonchev–Trinajstić information content (AvgIpc) is 3.29. The minimum Gasteiger partial charge on any atom is -0.455 e. The number of anilines is 1. The third-order valence-corrected chi connectivity index (χ3v) is 5.93. The molecule has 8 nitrogen and oxygen atoms in total. The molecule has 2 N–H and O–H groups in total. The molecule has 0 unspecified atom stereocenters. The summed E-state index contributed by atoms with van der Waals surface area (Å²) in [5.74, 6) is -3.09. The Bertz CT molecular complexity index is 1720. The molecule has 3 heterocycles. The van der Waals surface area contributed by atoms with Crippen molar-refractivity contribution in [1.82, 2.24) is 15.1 Å². The normalized spacial score (nSPS) is 12.1. The van der Waals surface area contributed by atoms with Crippen LogP contribution in [0.25, 0.3) is 33.7 Å². The Morgan fingerprint density at radius 3 is 2.61 bits per heavy atom. The van der Waals surface area contributed by atoms with Crippen LogP contribution in [-0.4, -0.2) is 15.1 Å². The molecule has 1 atom stereocenters. The molecule has 0 fully saturated rings. The molecule has 0 aliphatic heterocycles. The van der Waals surface area contributed by atoms with Gasteiger partial charge in [0.05, 0.1) is 17.0 Å². The minimum atomic E-state index is -1.20. The van der Waals surface area contributed by atoms with Gasteiger partial charge in [0.25, 0.3) is 0 Å². The van der Waals surface area contributed by atoms with Gasteiger partial charge in [-0.2, -0.15) is 0 Å². The summed E-state index contributed by atoms with van der Waals surface area (Å²) in [6.07, 6.45) is 3.24. The van der Waals surface area contributed by atoms with Crippen LogP contribution in [-0.2, 0) is 0 Å². The van der Waals surface area contributed by atoms with Crippen molar-refractivity contribution in [2.45, 2.75) is 26.8 Å². The molecule has 0 bridgehead atoms. The van der Waals surface area contributed by atoms with Crippen molar-refractivity contribution in [3.8, 4) is 22.7 Å². The van der Waals surface area contributed by atoms with Gasteiger partial charge in [0, 0.05) is 34.8 Å². The van der Waals surface area contributed by atoms with Crippen LogP contribution in [0.3, 0.4) is 0 Å². The lowest BCUT2D eigenvalue weighted by atomic mass is 9.98. The number of benzene rings is 2. The van der Waals surface area contributed by atoms with Gasteiger partial charge in [-0.15, -0.1) is 0 Å². The minimum absolute atomic E-state index is 0.155. The number of nitrogens with zero attached hydrogens (tertiary/aromatic N) is 2. The zero-order valence-electron chi connectivity index (χ0n) is 19.5. The molecular formula is C26H20F2N4O4. The molecule has 0 amide bonds. The summed E-state index contributed by atoms with van der Waals surface area (Å²) in [4.78, 5) is 31.1. The summed E-state index contributed by atoms with van der Waals surface area (Å²) in [6.45, 7) is 5.33. The van der Waals surface area contributed by atoms with E-state index in [1.54, 1.807) is 44.4 Å². The predicted octanol–water partition coefficient (Wildman–Crippen LogP) is 5.27. The number of H-pyrrole nitrogens is 1. The molecule has 2 aromatic carbocycles. The summed E-state index contributed by atoms with van der Waals surface area (Å²) in [6, 6.07) is 8.90. The van der Waals surface area contributed by atoms with E-state index in [2.05, 4.69) is 25.0 Å². The quantitative estimate of drug-likeness (QED) is 0.345. The van der Waals surface area contributed by atoms with E-state index >= 15 is 0 Å². The fraction of sp³-hybridized carbons (Fsp3) is 0.154. The standard InChI is InChI=1S/C26H20F2N4O4/c1-12-9-16(24-17(10-12)22(33)13(2)23(35-24)15-5-4-8-29-11-15)14(3)30-19-7-6-18(27)21(28)20(19)25-31-26(34)36-32-25/h4-11,14,30H,1-3H3,(H,31,32,34)/t14-/m1/s1. The highest BCUT2D eigenvalue weighted by molar-refractivity contribution is 5.85. The number of hydrogen-bond donors (Lipinski definition) is 2. The average molecular weight is 490 g/mol. The van der Waals surface area contributed by atoms with Crippen LogP contribution in [0.2, 0.25) is 0 Å². The summed E-state index contributed by atoms with van der Waals surface area (Å²) in [5.41, 5.74) is 2.58. The number of aromatic amines is 1. The van der Waals surface area contributed by atoms with Gasteiger partial charge in [0.2, 0.25) is 0 Å². The van der Waals surface area contributed by atoms with Crippen molar-refractivity contribution < 1.29 is 17.7 Å². The molecule has 36 heavy (non-hydrogen) atoms. The molecule has 0 radical (unpaired) electrons. The Labute approximate surface area is 202 Å². The second-order valence-corrected chi connectivity index (χ2v) is 8.45. The van der Waals surface area contributed by atoms with Gasteiger partial charge < -0.3 is 9.73 Å². The Balaban J connectivity index is 1.67. The molecular weight excluding hydrogens is 470 g/mol. The Morgan fingerprint density at radius 2 is 1.92 bits per heavy atom. The smallest absolute Gasteiger partial charge is 0.439 e. The third kappa shape index (κ3) is 3.96. The maximum absolute atomic E-state index is 14.8. The fourth-order valence-electron chi connectivity index (χ4n) is 4.21. The van der Waals surface area contributed by atoms with Gasteiger partial charge >= 0.3 is 5.76 Å². The Hall–Kier alpha value is -4.60. The van der Waals surface area contributed by atoms with Crippen LogP contribution in [0.15, 0.2) is 67.3 Å². The maximum Gasteiger partial charge on any atom is 0.439 e. The van der Waals surface area contributed by atoms with Gasteiger partial charge in [0.15, 0.2) is 22.9 Å². The zero-order chi connectivity index (χ0) is 25.6. The molecule has 0 saturated heterocycles. The molecule has 5 rings (SSSR count). The monoisotopic (exact) mass is 490 g/mol. The van der Waals surface area contributed by atoms with E-state index in [9.17, 15) is 18.4 Å². The van der Waals surface area contributed by atoms with Crippen molar-refractivity contribution in [1.29, 1.82) is 0 Å². The van der Waals surface area contributed by atoms with E-state index in [-0.39, 0.29) is 22.5 Å². The summed E-state index contributed by atoms with van der Waals surface area (Å²) >= 11 is 0. The van der Waals surface area contributed by atoms with Crippen LogP contribution in [0.1, 0.15) is 29.7 Å². The molecule has 0 aliphatic rings. The van der Waals surface area contributed by atoms with Crippen LogP contribution >= 0.6 is 0 Å². The first-order valence-corrected chi connectivity index (χ1v) is 11.0. The lowest BCUT2D eigenvalue weighted by Gasteiger charge is -2.20. The number of nitrogens with one attached hydrogen (secondary N) is 2. The lowest BCUT2D eigenvalue weighted by molar-refractivity contribution is 0.387. The number of hydrogen-bond acceptors (Lipinski definition) is 7. The summed E-state index contributed by atoms with van der Waals surface area (Å²) < 4.78 is 39.6. The van der Waals surface area contributed by atoms with Crippen molar-refractivity contribution in [3.05, 3.63) is 97.9 Å². The van der Waals surface area contributed by atoms with E-state index in [0.29, 0.717) is 33.4 Å². The van der Waals surface area contributed by atoms with Gasteiger partial charge in [-0.25, -0.2) is 13.6 Å². The lowest BCUT2D eigenvalue weighted by Crippen LogP contribution is -2.13. The number of pyridine rings is 1. The van der Waals surface area contributed by atoms with E-state index in [4.69, 9.17) is 4.42 Å². The Kier molecular flexibility index (Phi) is 5.71. The maximum atomic E-state index is 14.8. The number of fused-ring (bicyclic) bond motifs is 1.